The molecule has 2 aromatic rings. The number of para-hydroxylation sites is 2. The molecule has 1 saturated carbocycles. The summed E-state index contributed by atoms with van der Waals surface area (Å²) in [5.41, 5.74) is 5.91. The summed E-state index contributed by atoms with van der Waals surface area (Å²) >= 11 is 0. The first-order valence-electron chi connectivity index (χ1n) is 6.81. The number of nitrogens with one attached hydrogen (secondary N) is 2. The topological polar surface area (TPSA) is 85.1 Å². The van der Waals surface area contributed by atoms with E-state index in [0.717, 1.165) is 18.4 Å². The molecule has 2 N–H and O–H groups in total. The van der Waals surface area contributed by atoms with Gasteiger partial charge in [0.2, 0.25) is 5.91 Å². The van der Waals surface area contributed by atoms with E-state index in [1.165, 1.54) is 9.13 Å². The van der Waals surface area contributed by atoms with E-state index in [2.05, 4.69) is 10.9 Å². The number of amides is 2. The van der Waals surface area contributed by atoms with Crippen LogP contribution in [-0.4, -0.2) is 20.9 Å². The summed E-state index contributed by atoms with van der Waals surface area (Å²) in [6.45, 7) is -0.134. The molecular formula is C14H16N4O3. The van der Waals surface area contributed by atoms with E-state index in [1.807, 2.05) is 18.2 Å². The van der Waals surface area contributed by atoms with Crippen molar-refractivity contribution in [3.63, 3.8) is 0 Å². The summed E-state index contributed by atoms with van der Waals surface area (Å²) in [6, 6.07) is 7.25. The average Bonchev–Trinajstić information content (AvgIpc) is 3.30. The molecule has 0 unspecified atom stereocenters. The van der Waals surface area contributed by atoms with Gasteiger partial charge in [-0.25, -0.2) is 4.79 Å². The third kappa shape index (κ3) is 2.54. The Hall–Kier alpha value is -2.57. The molecule has 0 aliphatic heterocycles. The minimum atomic E-state index is -0.428. The van der Waals surface area contributed by atoms with Gasteiger partial charge in [-0.2, -0.15) is 0 Å². The lowest BCUT2D eigenvalue weighted by Crippen LogP contribution is -2.44. The number of hydrogen-bond donors (Lipinski definition) is 2. The standard InChI is InChI=1S/C14H16N4O3/c1-17-10-4-2-3-5-11(10)18(14(17)21)8-12(19)15-16-13(20)9-6-7-9/h2-5,9H,6-8H2,1H3,(H,15,19)(H,16,20). The van der Waals surface area contributed by atoms with E-state index in [-0.39, 0.29) is 24.1 Å². The Balaban J connectivity index is 1.75. The fourth-order valence-corrected chi connectivity index (χ4v) is 2.28. The third-order valence-electron chi connectivity index (χ3n) is 3.63. The summed E-state index contributed by atoms with van der Waals surface area (Å²) in [7, 11) is 1.66. The predicted octanol–water partition coefficient (Wildman–Crippen LogP) is -0.103. The first-order valence-corrected chi connectivity index (χ1v) is 6.81. The molecule has 1 fully saturated rings. The van der Waals surface area contributed by atoms with Crippen molar-refractivity contribution in [2.24, 2.45) is 13.0 Å². The van der Waals surface area contributed by atoms with Crippen LogP contribution in [0.25, 0.3) is 11.0 Å². The van der Waals surface area contributed by atoms with Crippen LogP contribution in [0.5, 0.6) is 0 Å². The number of nitrogens with zero attached hydrogens (tertiary/aromatic N) is 2. The number of hydrazine groups is 1. The summed E-state index contributed by atoms with van der Waals surface area (Å²) in [5.74, 6) is -0.582. The summed E-state index contributed by atoms with van der Waals surface area (Å²) < 4.78 is 2.87. The molecule has 110 valence electrons. The van der Waals surface area contributed by atoms with Crippen LogP contribution in [0.2, 0.25) is 0 Å². The Bertz CT molecular complexity index is 770. The molecule has 0 bridgehead atoms. The van der Waals surface area contributed by atoms with Gasteiger partial charge in [0.05, 0.1) is 11.0 Å². The lowest BCUT2D eigenvalue weighted by atomic mass is 10.3. The van der Waals surface area contributed by atoms with Crippen LogP contribution in [-0.2, 0) is 23.2 Å². The molecule has 1 aromatic carbocycles. The molecule has 21 heavy (non-hydrogen) atoms. The van der Waals surface area contributed by atoms with Crippen molar-refractivity contribution >= 4 is 22.8 Å². The zero-order chi connectivity index (χ0) is 15.0. The summed E-state index contributed by atoms with van der Waals surface area (Å²) in [4.78, 5) is 35.5. The molecule has 7 heteroatoms. The van der Waals surface area contributed by atoms with Crippen molar-refractivity contribution in [3.05, 3.63) is 34.7 Å². The zero-order valence-electron chi connectivity index (χ0n) is 11.6. The maximum atomic E-state index is 12.1. The van der Waals surface area contributed by atoms with Gasteiger partial charge in [0.25, 0.3) is 5.91 Å². The highest BCUT2D eigenvalue weighted by atomic mass is 16.2. The molecule has 1 heterocycles. The Kier molecular flexibility index (Phi) is 3.25. The van der Waals surface area contributed by atoms with Crippen LogP contribution in [0.15, 0.2) is 29.1 Å². The first kappa shape index (κ1) is 13.4. The highest BCUT2D eigenvalue weighted by Gasteiger charge is 2.29. The normalized spacial score (nSPS) is 14.1. The van der Waals surface area contributed by atoms with Crippen LogP contribution in [0.4, 0.5) is 0 Å². The zero-order valence-corrected chi connectivity index (χ0v) is 11.6. The smallest absolute Gasteiger partial charge is 0.295 e. The van der Waals surface area contributed by atoms with Gasteiger partial charge in [-0.05, 0) is 25.0 Å². The first-order chi connectivity index (χ1) is 10.1. The van der Waals surface area contributed by atoms with Crippen molar-refractivity contribution < 1.29 is 9.59 Å². The molecule has 1 aromatic heterocycles. The minimum Gasteiger partial charge on any atom is -0.295 e. The average molecular weight is 288 g/mol. The fourth-order valence-electron chi connectivity index (χ4n) is 2.28. The Morgan fingerprint density at radius 3 is 2.52 bits per heavy atom. The number of imidazole rings is 1. The largest absolute Gasteiger partial charge is 0.329 e. The van der Waals surface area contributed by atoms with Gasteiger partial charge >= 0.3 is 5.69 Å². The molecule has 0 spiro atoms. The second-order valence-electron chi connectivity index (χ2n) is 5.23. The molecule has 1 aliphatic carbocycles. The molecule has 0 atom stereocenters. The second-order valence-corrected chi connectivity index (χ2v) is 5.23. The van der Waals surface area contributed by atoms with E-state index < -0.39 is 5.91 Å². The number of carbonyl (C=O) groups excluding carboxylic acids is 2. The van der Waals surface area contributed by atoms with Gasteiger partial charge in [-0.3, -0.25) is 29.6 Å². The van der Waals surface area contributed by atoms with Crippen molar-refractivity contribution in [3.8, 4) is 0 Å². The highest BCUT2D eigenvalue weighted by molar-refractivity contribution is 5.85. The van der Waals surface area contributed by atoms with E-state index in [4.69, 9.17) is 0 Å². The van der Waals surface area contributed by atoms with Crippen molar-refractivity contribution in [1.29, 1.82) is 0 Å². The predicted molar refractivity (Wildman–Crippen MR) is 76.2 cm³/mol. The van der Waals surface area contributed by atoms with Crippen molar-refractivity contribution in [2.75, 3.05) is 0 Å². The quantitative estimate of drug-likeness (QED) is 0.773. The molecule has 2 amide bonds. The fraction of sp³-hybridized carbons (Fsp3) is 0.357. The van der Waals surface area contributed by atoms with Gasteiger partial charge in [0.1, 0.15) is 6.54 Å². The molecular weight excluding hydrogens is 272 g/mol. The van der Waals surface area contributed by atoms with Crippen LogP contribution >= 0.6 is 0 Å². The van der Waals surface area contributed by atoms with Crippen LogP contribution in [0.1, 0.15) is 12.8 Å². The summed E-state index contributed by atoms with van der Waals surface area (Å²) in [6.07, 6.45) is 1.73. The number of hydrogen-bond acceptors (Lipinski definition) is 3. The number of carbonyl (C=O) groups is 2. The Labute approximate surface area is 120 Å². The molecule has 3 rings (SSSR count). The number of benzene rings is 1. The molecule has 1 aliphatic rings. The van der Waals surface area contributed by atoms with Gasteiger partial charge in [-0.1, -0.05) is 12.1 Å². The van der Waals surface area contributed by atoms with Crippen LogP contribution in [0, 0.1) is 5.92 Å². The lowest BCUT2D eigenvalue weighted by Gasteiger charge is -2.07. The van der Waals surface area contributed by atoms with E-state index in [0.29, 0.717) is 5.52 Å². The maximum absolute atomic E-state index is 12.1. The Morgan fingerprint density at radius 2 is 1.86 bits per heavy atom. The number of fused-ring (bicyclic) bond motifs is 1. The SMILES string of the molecule is Cn1c(=O)n(CC(=O)NNC(=O)C2CC2)c2ccccc21. The van der Waals surface area contributed by atoms with E-state index in [9.17, 15) is 14.4 Å². The monoisotopic (exact) mass is 288 g/mol. The third-order valence-corrected chi connectivity index (χ3v) is 3.63. The van der Waals surface area contributed by atoms with E-state index >= 15 is 0 Å². The Morgan fingerprint density at radius 1 is 1.19 bits per heavy atom. The number of rotatable bonds is 3. The van der Waals surface area contributed by atoms with Crippen molar-refractivity contribution in [1.82, 2.24) is 20.0 Å². The van der Waals surface area contributed by atoms with Crippen LogP contribution < -0.4 is 16.5 Å². The van der Waals surface area contributed by atoms with Gasteiger partial charge in [-0.15, -0.1) is 0 Å². The molecule has 0 saturated heterocycles. The van der Waals surface area contributed by atoms with E-state index in [1.54, 1.807) is 13.1 Å². The number of aromatic nitrogens is 2. The summed E-state index contributed by atoms with van der Waals surface area (Å²) in [5, 5.41) is 0. The second kappa shape index (κ2) is 5.08. The maximum Gasteiger partial charge on any atom is 0.329 e. The molecule has 0 radical (unpaired) electrons. The minimum absolute atomic E-state index is 0.0191. The molecule has 7 nitrogen and oxygen atoms in total. The van der Waals surface area contributed by atoms with Crippen molar-refractivity contribution in [2.45, 2.75) is 19.4 Å². The highest BCUT2D eigenvalue weighted by Crippen LogP contribution is 2.28. The van der Waals surface area contributed by atoms with Gasteiger partial charge in [0.15, 0.2) is 0 Å². The van der Waals surface area contributed by atoms with Gasteiger partial charge in [0, 0.05) is 13.0 Å². The number of aryl methyl sites for hydroxylation is 1. The van der Waals surface area contributed by atoms with Gasteiger partial charge < -0.3 is 0 Å². The lowest BCUT2D eigenvalue weighted by molar-refractivity contribution is -0.129. The van der Waals surface area contributed by atoms with Crippen LogP contribution in [0.3, 0.4) is 0 Å².